The summed E-state index contributed by atoms with van der Waals surface area (Å²) in [6.45, 7) is 2.54. The van der Waals surface area contributed by atoms with Gasteiger partial charge in [-0.05, 0) is 30.5 Å². The quantitative estimate of drug-likeness (QED) is 0.668. The Morgan fingerprint density at radius 1 is 0.957 bits per heavy atom. The van der Waals surface area contributed by atoms with Gasteiger partial charge in [-0.15, -0.1) is 0 Å². The van der Waals surface area contributed by atoms with E-state index in [1.165, 1.54) is 30.5 Å². The van der Waals surface area contributed by atoms with Crippen molar-refractivity contribution in [3.63, 3.8) is 0 Å². The zero-order valence-electron chi connectivity index (χ0n) is 14.2. The Hall–Kier alpha value is -0.960. The molecule has 1 aromatic carbocycles. The number of unbranched alkanes of at least 4 members (excludes halogenated alkanes) is 1. The SMILES string of the molecule is CCCCN(C)S(=O)(=O)CCc1ccc(S(=O)(=O)N(C)C)cc1. The van der Waals surface area contributed by atoms with E-state index in [1.807, 2.05) is 6.92 Å². The lowest BCUT2D eigenvalue weighted by atomic mass is 10.2. The number of benzene rings is 1. The maximum absolute atomic E-state index is 12.1. The van der Waals surface area contributed by atoms with Crippen LogP contribution in [-0.2, 0) is 26.5 Å². The predicted octanol–water partition coefficient (Wildman–Crippen LogP) is 1.54. The zero-order valence-corrected chi connectivity index (χ0v) is 15.8. The standard InChI is InChI=1S/C15H26N2O4S2/c1-5-6-12-17(4)22(18,19)13-11-14-7-9-15(10-8-14)23(20,21)16(2)3/h7-10H,5-6,11-13H2,1-4H3. The van der Waals surface area contributed by atoms with E-state index < -0.39 is 20.0 Å². The molecule has 0 aliphatic carbocycles. The fraction of sp³-hybridized carbons (Fsp3) is 0.600. The number of nitrogens with zero attached hydrogens (tertiary/aromatic N) is 2. The van der Waals surface area contributed by atoms with Crippen molar-refractivity contribution in [2.24, 2.45) is 0 Å². The molecule has 0 aliphatic heterocycles. The minimum absolute atomic E-state index is 0.0208. The first-order chi connectivity index (χ1) is 10.6. The van der Waals surface area contributed by atoms with Crippen molar-refractivity contribution in [2.75, 3.05) is 33.4 Å². The minimum atomic E-state index is -3.45. The molecule has 0 radical (unpaired) electrons. The van der Waals surface area contributed by atoms with Crippen molar-refractivity contribution in [2.45, 2.75) is 31.1 Å². The molecule has 0 saturated heterocycles. The number of hydrogen-bond donors (Lipinski definition) is 0. The van der Waals surface area contributed by atoms with Crippen molar-refractivity contribution in [1.29, 1.82) is 0 Å². The van der Waals surface area contributed by atoms with Crippen molar-refractivity contribution >= 4 is 20.0 Å². The summed E-state index contributed by atoms with van der Waals surface area (Å²) in [4.78, 5) is 0.203. The highest BCUT2D eigenvalue weighted by molar-refractivity contribution is 7.89. The molecule has 23 heavy (non-hydrogen) atoms. The van der Waals surface area contributed by atoms with Crippen LogP contribution in [0.25, 0.3) is 0 Å². The largest absolute Gasteiger partial charge is 0.242 e. The molecule has 0 amide bonds. The minimum Gasteiger partial charge on any atom is -0.212 e. The average molecular weight is 363 g/mol. The summed E-state index contributed by atoms with van der Waals surface area (Å²) in [5.74, 6) is 0.0208. The molecule has 6 nitrogen and oxygen atoms in total. The molecule has 0 aromatic heterocycles. The molecule has 0 aliphatic rings. The van der Waals surface area contributed by atoms with Crippen molar-refractivity contribution in [3.8, 4) is 0 Å². The van der Waals surface area contributed by atoms with E-state index in [2.05, 4.69) is 0 Å². The molecule has 0 N–H and O–H groups in total. The number of hydrogen-bond acceptors (Lipinski definition) is 4. The van der Waals surface area contributed by atoms with Crippen LogP contribution >= 0.6 is 0 Å². The third-order valence-corrected chi connectivity index (χ3v) is 7.33. The highest BCUT2D eigenvalue weighted by Gasteiger charge is 2.19. The third kappa shape index (κ3) is 5.56. The highest BCUT2D eigenvalue weighted by atomic mass is 32.2. The van der Waals surface area contributed by atoms with Gasteiger partial charge in [0.05, 0.1) is 10.6 Å². The molecule has 1 aromatic rings. The maximum Gasteiger partial charge on any atom is 0.242 e. The third-order valence-electron chi connectivity index (χ3n) is 3.65. The van der Waals surface area contributed by atoms with Gasteiger partial charge in [0.15, 0.2) is 0 Å². The van der Waals surface area contributed by atoms with Gasteiger partial charge in [-0.1, -0.05) is 25.5 Å². The summed E-state index contributed by atoms with van der Waals surface area (Å²) in [7, 11) is -2.19. The summed E-state index contributed by atoms with van der Waals surface area (Å²) in [6.07, 6.45) is 2.15. The summed E-state index contributed by atoms with van der Waals surface area (Å²) < 4.78 is 50.8. The van der Waals surface area contributed by atoms with Crippen LogP contribution < -0.4 is 0 Å². The van der Waals surface area contributed by atoms with Gasteiger partial charge >= 0.3 is 0 Å². The van der Waals surface area contributed by atoms with Crippen molar-refractivity contribution in [3.05, 3.63) is 29.8 Å². The Morgan fingerprint density at radius 3 is 2.00 bits per heavy atom. The first-order valence-electron chi connectivity index (χ1n) is 7.56. The number of aryl methyl sites for hydroxylation is 1. The Balaban J connectivity index is 2.73. The van der Waals surface area contributed by atoms with E-state index in [-0.39, 0.29) is 10.6 Å². The van der Waals surface area contributed by atoms with Crippen LogP contribution in [0.1, 0.15) is 25.3 Å². The van der Waals surface area contributed by atoms with Crippen LogP contribution in [0.5, 0.6) is 0 Å². The van der Waals surface area contributed by atoms with E-state index in [9.17, 15) is 16.8 Å². The normalized spacial score (nSPS) is 13.0. The van der Waals surface area contributed by atoms with E-state index in [1.54, 1.807) is 19.2 Å². The lowest BCUT2D eigenvalue weighted by Gasteiger charge is -2.16. The van der Waals surface area contributed by atoms with Gasteiger partial charge in [0, 0.05) is 27.7 Å². The van der Waals surface area contributed by atoms with Crippen LogP contribution in [0.15, 0.2) is 29.2 Å². The molecule has 0 saturated carbocycles. The molecule has 0 heterocycles. The molecular formula is C15H26N2O4S2. The second-order valence-corrected chi connectivity index (χ2v) is 10.0. The molecule has 1 rings (SSSR count). The van der Waals surface area contributed by atoms with E-state index in [0.29, 0.717) is 13.0 Å². The van der Waals surface area contributed by atoms with Gasteiger partial charge < -0.3 is 0 Å². The number of sulfonamides is 2. The second-order valence-electron chi connectivity index (χ2n) is 5.67. The van der Waals surface area contributed by atoms with Crippen LogP contribution in [0.2, 0.25) is 0 Å². The van der Waals surface area contributed by atoms with E-state index >= 15 is 0 Å². The zero-order chi connectivity index (χ0) is 17.7. The van der Waals surface area contributed by atoms with Crippen LogP contribution in [0.4, 0.5) is 0 Å². The highest BCUT2D eigenvalue weighted by Crippen LogP contribution is 2.15. The Morgan fingerprint density at radius 2 is 1.52 bits per heavy atom. The fourth-order valence-corrected chi connectivity index (χ4v) is 4.08. The Labute approximate surface area is 140 Å². The lowest BCUT2D eigenvalue weighted by molar-refractivity contribution is 0.459. The number of rotatable bonds is 9. The fourth-order valence-electron chi connectivity index (χ4n) is 1.96. The van der Waals surface area contributed by atoms with E-state index in [4.69, 9.17) is 0 Å². The topological polar surface area (TPSA) is 74.8 Å². The first kappa shape index (κ1) is 20.1. The first-order valence-corrected chi connectivity index (χ1v) is 10.6. The molecule has 132 valence electrons. The molecule has 0 unspecified atom stereocenters. The summed E-state index contributed by atoms with van der Waals surface area (Å²) in [6, 6.07) is 6.35. The Kier molecular flexibility index (Phi) is 7.19. The van der Waals surface area contributed by atoms with Gasteiger partial charge in [-0.2, -0.15) is 0 Å². The molecule has 0 fully saturated rings. The molecular weight excluding hydrogens is 336 g/mol. The maximum atomic E-state index is 12.1. The predicted molar refractivity (Wildman–Crippen MR) is 92.3 cm³/mol. The summed E-state index contributed by atoms with van der Waals surface area (Å²) in [5, 5.41) is 0. The summed E-state index contributed by atoms with van der Waals surface area (Å²) in [5.41, 5.74) is 0.801. The van der Waals surface area contributed by atoms with Gasteiger partial charge in [0.25, 0.3) is 0 Å². The monoisotopic (exact) mass is 362 g/mol. The van der Waals surface area contributed by atoms with Gasteiger partial charge in [-0.25, -0.2) is 25.4 Å². The second kappa shape index (κ2) is 8.23. The molecule has 8 heteroatoms. The Bertz CT molecular complexity index is 695. The van der Waals surface area contributed by atoms with Gasteiger partial charge in [-0.3, -0.25) is 0 Å². The lowest BCUT2D eigenvalue weighted by Crippen LogP contribution is -2.30. The molecule has 0 bridgehead atoms. The van der Waals surface area contributed by atoms with E-state index in [0.717, 1.165) is 22.7 Å². The van der Waals surface area contributed by atoms with Gasteiger partial charge in [0.1, 0.15) is 0 Å². The van der Waals surface area contributed by atoms with Crippen molar-refractivity contribution in [1.82, 2.24) is 8.61 Å². The molecule has 0 spiro atoms. The smallest absolute Gasteiger partial charge is 0.212 e. The molecule has 0 atom stereocenters. The van der Waals surface area contributed by atoms with Crippen molar-refractivity contribution < 1.29 is 16.8 Å². The van der Waals surface area contributed by atoms with Crippen LogP contribution in [-0.4, -0.2) is 58.9 Å². The van der Waals surface area contributed by atoms with Crippen LogP contribution in [0, 0.1) is 0 Å². The van der Waals surface area contributed by atoms with Gasteiger partial charge in [0.2, 0.25) is 20.0 Å². The average Bonchev–Trinajstić information content (AvgIpc) is 2.50. The summed E-state index contributed by atoms with van der Waals surface area (Å²) >= 11 is 0. The van der Waals surface area contributed by atoms with Crippen LogP contribution in [0.3, 0.4) is 0 Å².